The highest BCUT2D eigenvalue weighted by Crippen LogP contribution is 2.19. The Labute approximate surface area is 119 Å². The van der Waals surface area contributed by atoms with E-state index in [-0.39, 0.29) is 5.54 Å². The predicted molar refractivity (Wildman–Crippen MR) is 79.9 cm³/mol. The van der Waals surface area contributed by atoms with Crippen molar-refractivity contribution in [3.05, 3.63) is 24.5 Å². The minimum atomic E-state index is 0.0783. The number of anilines is 1. The molecule has 0 radical (unpaired) electrons. The lowest BCUT2D eigenvalue weighted by Crippen LogP contribution is -2.57. The molecule has 3 rings (SSSR count). The van der Waals surface area contributed by atoms with E-state index < -0.39 is 0 Å². The molecule has 6 nitrogen and oxygen atoms in total. The Bertz CT molecular complexity index is 582. The van der Waals surface area contributed by atoms with Crippen LogP contribution in [0.4, 0.5) is 5.82 Å². The van der Waals surface area contributed by atoms with Crippen molar-refractivity contribution in [3.8, 4) is 0 Å². The maximum Gasteiger partial charge on any atom is 0.157 e. The van der Waals surface area contributed by atoms with Gasteiger partial charge in [-0.1, -0.05) is 0 Å². The van der Waals surface area contributed by atoms with Crippen molar-refractivity contribution in [2.45, 2.75) is 19.4 Å². The third-order valence-electron chi connectivity index (χ3n) is 4.20. The molecule has 1 aliphatic heterocycles. The standard InChI is InChI=1S/C14H22N6/c1-14(2,11-15)19-9-7-18(8-10-19)12-4-6-20-13(17-12)3-5-16-20/h3-6H,7-11,15H2,1-2H3. The zero-order valence-corrected chi connectivity index (χ0v) is 12.2. The monoisotopic (exact) mass is 274 g/mol. The number of rotatable bonds is 3. The largest absolute Gasteiger partial charge is 0.354 e. The van der Waals surface area contributed by atoms with Crippen LogP contribution in [0.3, 0.4) is 0 Å². The van der Waals surface area contributed by atoms with Crippen molar-refractivity contribution in [2.75, 3.05) is 37.6 Å². The van der Waals surface area contributed by atoms with E-state index in [1.165, 1.54) is 0 Å². The van der Waals surface area contributed by atoms with Gasteiger partial charge in [-0.05, 0) is 19.9 Å². The Kier molecular flexibility index (Phi) is 3.35. The summed E-state index contributed by atoms with van der Waals surface area (Å²) in [4.78, 5) is 9.44. The molecule has 0 spiro atoms. The first-order chi connectivity index (χ1) is 9.60. The van der Waals surface area contributed by atoms with Crippen LogP contribution < -0.4 is 10.6 Å². The van der Waals surface area contributed by atoms with Crippen LogP contribution in [0.25, 0.3) is 5.65 Å². The molecule has 2 aromatic rings. The zero-order chi connectivity index (χ0) is 14.2. The van der Waals surface area contributed by atoms with Crippen molar-refractivity contribution < 1.29 is 0 Å². The van der Waals surface area contributed by atoms with E-state index in [9.17, 15) is 0 Å². The SMILES string of the molecule is CC(C)(CN)N1CCN(c2ccn3nccc3n2)CC1. The number of aromatic nitrogens is 3. The highest BCUT2D eigenvalue weighted by Gasteiger charge is 2.28. The summed E-state index contributed by atoms with van der Waals surface area (Å²) in [5.41, 5.74) is 6.83. The van der Waals surface area contributed by atoms with Gasteiger partial charge in [0.2, 0.25) is 0 Å². The second-order valence-corrected chi connectivity index (χ2v) is 5.91. The van der Waals surface area contributed by atoms with Crippen molar-refractivity contribution in [3.63, 3.8) is 0 Å². The van der Waals surface area contributed by atoms with Gasteiger partial charge in [0, 0.05) is 50.5 Å². The first-order valence-electron chi connectivity index (χ1n) is 7.11. The number of nitrogens with two attached hydrogens (primary N) is 1. The van der Waals surface area contributed by atoms with Crippen LogP contribution in [-0.4, -0.2) is 57.8 Å². The third-order valence-corrected chi connectivity index (χ3v) is 4.20. The molecule has 1 saturated heterocycles. The predicted octanol–water partition coefficient (Wildman–Crippen LogP) is 0.589. The fraction of sp³-hybridized carbons (Fsp3) is 0.571. The van der Waals surface area contributed by atoms with Gasteiger partial charge >= 0.3 is 0 Å². The molecule has 1 aliphatic rings. The number of fused-ring (bicyclic) bond motifs is 1. The van der Waals surface area contributed by atoms with Crippen LogP contribution in [0.2, 0.25) is 0 Å². The van der Waals surface area contributed by atoms with Crippen LogP contribution >= 0.6 is 0 Å². The smallest absolute Gasteiger partial charge is 0.157 e. The molecule has 0 saturated carbocycles. The summed E-state index contributed by atoms with van der Waals surface area (Å²) in [6.45, 7) is 9.12. The van der Waals surface area contributed by atoms with Gasteiger partial charge in [-0.15, -0.1) is 0 Å². The summed E-state index contributed by atoms with van der Waals surface area (Å²) in [6.07, 6.45) is 3.74. The van der Waals surface area contributed by atoms with Gasteiger partial charge in [0.15, 0.2) is 5.65 Å². The minimum Gasteiger partial charge on any atom is -0.354 e. The molecule has 0 bridgehead atoms. The van der Waals surface area contributed by atoms with Crippen LogP contribution in [-0.2, 0) is 0 Å². The van der Waals surface area contributed by atoms with E-state index in [1.54, 1.807) is 10.7 Å². The topological polar surface area (TPSA) is 62.7 Å². The summed E-state index contributed by atoms with van der Waals surface area (Å²) < 4.78 is 1.79. The second kappa shape index (κ2) is 5.03. The number of nitrogens with zero attached hydrogens (tertiary/aromatic N) is 5. The maximum absolute atomic E-state index is 5.86. The number of piperazine rings is 1. The van der Waals surface area contributed by atoms with E-state index in [4.69, 9.17) is 5.73 Å². The summed E-state index contributed by atoms with van der Waals surface area (Å²) in [5, 5.41) is 4.17. The second-order valence-electron chi connectivity index (χ2n) is 5.91. The summed E-state index contributed by atoms with van der Waals surface area (Å²) in [6, 6.07) is 3.96. The van der Waals surface area contributed by atoms with Crippen LogP contribution in [0.15, 0.2) is 24.5 Å². The van der Waals surface area contributed by atoms with Crippen LogP contribution in [0, 0.1) is 0 Å². The number of hydrogen-bond acceptors (Lipinski definition) is 5. The molecule has 0 aliphatic carbocycles. The van der Waals surface area contributed by atoms with Crippen molar-refractivity contribution >= 4 is 11.5 Å². The van der Waals surface area contributed by atoms with E-state index in [0.29, 0.717) is 6.54 Å². The van der Waals surface area contributed by atoms with Gasteiger partial charge in [-0.2, -0.15) is 5.10 Å². The molecule has 6 heteroatoms. The molecule has 2 N–H and O–H groups in total. The summed E-state index contributed by atoms with van der Waals surface area (Å²) >= 11 is 0. The first kappa shape index (κ1) is 13.3. The zero-order valence-electron chi connectivity index (χ0n) is 12.2. The van der Waals surface area contributed by atoms with E-state index in [1.807, 2.05) is 18.3 Å². The Hall–Kier alpha value is -1.66. The molecule has 108 valence electrons. The summed E-state index contributed by atoms with van der Waals surface area (Å²) in [5.74, 6) is 1.03. The van der Waals surface area contributed by atoms with Gasteiger partial charge in [0.05, 0.1) is 6.20 Å². The summed E-state index contributed by atoms with van der Waals surface area (Å²) in [7, 11) is 0. The Morgan fingerprint density at radius 1 is 1.20 bits per heavy atom. The van der Waals surface area contributed by atoms with E-state index >= 15 is 0 Å². The van der Waals surface area contributed by atoms with Gasteiger partial charge in [-0.25, -0.2) is 9.50 Å². The Balaban J connectivity index is 1.71. The molecule has 20 heavy (non-hydrogen) atoms. The van der Waals surface area contributed by atoms with Gasteiger partial charge in [-0.3, -0.25) is 4.90 Å². The van der Waals surface area contributed by atoms with Crippen LogP contribution in [0.5, 0.6) is 0 Å². The molecule has 0 unspecified atom stereocenters. The fourth-order valence-electron chi connectivity index (χ4n) is 2.65. The van der Waals surface area contributed by atoms with E-state index in [0.717, 1.165) is 37.6 Å². The number of hydrogen-bond donors (Lipinski definition) is 1. The molecule has 0 aromatic carbocycles. The molecule has 3 heterocycles. The minimum absolute atomic E-state index is 0.0783. The Morgan fingerprint density at radius 3 is 2.65 bits per heavy atom. The molecular weight excluding hydrogens is 252 g/mol. The maximum atomic E-state index is 5.86. The van der Waals surface area contributed by atoms with Gasteiger partial charge < -0.3 is 10.6 Å². The molecule has 1 fully saturated rings. The lowest BCUT2D eigenvalue weighted by Gasteiger charge is -2.43. The average Bonchev–Trinajstić information content (AvgIpc) is 2.94. The highest BCUT2D eigenvalue weighted by atomic mass is 15.3. The molecule has 0 atom stereocenters. The highest BCUT2D eigenvalue weighted by molar-refractivity contribution is 5.47. The van der Waals surface area contributed by atoms with Crippen LogP contribution in [0.1, 0.15) is 13.8 Å². The van der Waals surface area contributed by atoms with Gasteiger partial charge in [0.1, 0.15) is 5.82 Å². The molecule has 0 amide bonds. The van der Waals surface area contributed by atoms with Crippen molar-refractivity contribution in [1.82, 2.24) is 19.5 Å². The van der Waals surface area contributed by atoms with Crippen molar-refractivity contribution in [2.24, 2.45) is 5.73 Å². The van der Waals surface area contributed by atoms with E-state index in [2.05, 4.69) is 33.7 Å². The van der Waals surface area contributed by atoms with Crippen molar-refractivity contribution in [1.29, 1.82) is 0 Å². The lowest BCUT2D eigenvalue weighted by molar-refractivity contribution is 0.119. The first-order valence-corrected chi connectivity index (χ1v) is 7.11. The normalized spacial score (nSPS) is 17.9. The average molecular weight is 274 g/mol. The molecule has 2 aromatic heterocycles. The Morgan fingerprint density at radius 2 is 1.95 bits per heavy atom. The quantitative estimate of drug-likeness (QED) is 0.887. The lowest BCUT2D eigenvalue weighted by atomic mass is 10.0. The van der Waals surface area contributed by atoms with Gasteiger partial charge in [0.25, 0.3) is 0 Å². The molecular formula is C14H22N6. The third kappa shape index (κ3) is 2.36. The fourth-order valence-corrected chi connectivity index (χ4v) is 2.65.